The molecule has 0 N–H and O–H groups in total. The van der Waals surface area contributed by atoms with Gasteiger partial charge in [0.2, 0.25) is 0 Å². The zero-order valence-corrected chi connectivity index (χ0v) is 13.7. The second kappa shape index (κ2) is 7.64. The fraction of sp³-hybridized carbons (Fsp3) is 1.00. The van der Waals surface area contributed by atoms with E-state index in [9.17, 15) is 13.2 Å². The number of hydrogen-bond acceptors (Lipinski definition) is 2. The lowest BCUT2D eigenvalue weighted by molar-refractivity contribution is -0.145. The van der Waals surface area contributed by atoms with Crippen LogP contribution in [0.25, 0.3) is 0 Å². The molecule has 0 aromatic rings. The molecular formula is C13H27F3O2Si. The molecule has 0 radical (unpaired) electrons. The third-order valence-electron chi connectivity index (χ3n) is 3.60. The molecule has 1 unspecified atom stereocenters. The van der Waals surface area contributed by atoms with Crippen molar-refractivity contribution in [3.63, 3.8) is 0 Å². The van der Waals surface area contributed by atoms with Crippen molar-refractivity contribution in [3.05, 3.63) is 0 Å². The largest absolute Gasteiger partial charge is 0.394 e. The molecule has 0 aromatic carbocycles. The van der Waals surface area contributed by atoms with E-state index in [1.54, 1.807) is 6.92 Å². The zero-order chi connectivity index (χ0) is 15.2. The fourth-order valence-electron chi connectivity index (χ4n) is 2.05. The second-order valence-corrected chi connectivity index (χ2v) is 8.80. The first-order chi connectivity index (χ1) is 8.66. The predicted molar refractivity (Wildman–Crippen MR) is 73.4 cm³/mol. The molecule has 0 amide bonds. The summed E-state index contributed by atoms with van der Waals surface area (Å²) in [5.41, 5.74) is -0.747. The van der Waals surface area contributed by atoms with Crippen LogP contribution in [0.15, 0.2) is 0 Å². The average Bonchev–Trinajstić information content (AvgIpc) is 2.35. The van der Waals surface area contributed by atoms with E-state index in [-0.39, 0.29) is 6.42 Å². The summed E-state index contributed by atoms with van der Waals surface area (Å²) < 4.78 is 49.1. The topological polar surface area (TPSA) is 18.5 Å². The Morgan fingerprint density at radius 2 is 1.47 bits per heavy atom. The minimum Gasteiger partial charge on any atom is -0.394 e. The molecule has 0 saturated heterocycles. The summed E-state index contributed by atoms with van der Waals surface area (Å²) in [7, 11) is -2.36. The highest BCUT2D eigenvalue weighted by Crippen LogP contribution is 2.34. The molecule has 0 fully saturated rings. The van der Waals surface area contributed by atoms with Crippen LogP contribution in [0.5, 0.6) is 0 Å². The quantitative estimate of drug-likeness (QED) is 0.556. The van der Waals surface area contributed by atoms with E-state index in [0.29, 0.717) is 13.0 Å². The first-order valence-corrected chi connectivity index (χ1v) is 9.29. The highest BCUT2D eigenvalue weighted by atomic mass is 28.4. The Bertz CT molecular complexity index is 255. The predicted octanol–water partition coefficient (Wildman–Crippen LogP) is 5.03. The number of hydrogen-bond donors (Lipinski definition) is 0. The second-order valence-electron chi connectivity index (χ2n) is 5.07. The summed E-state index contributed by atoms with van der Waals surface area (Å²) in [5, 5.41) is 0. The van der Waals surface area contributed by atoms with Crippen molar-refractivity contribution >= 4 is 8.56 Å². The SMILES string of the molecule is CCO[Si](CC)(CC)OC(C)(CC)CCC(F)(F)F. The molecule has 0 spiro atoms. The van der Waals surface area contributed by atoms with Gasteiger partial charge in [0.15, 0.2) is 0 Å². The highest BCUT2D eigenvalue weighted by Gasteiger charge is 2.42. The van der Waals surface area contributed by atoms with Gasteiger partial charge < -0.3 is 8.85 Å². The van der Waals surface area contributed by atoms with Gasteiger partial charge in [-0.15, -0.1) is 0 Å². The van der Waals surface area contributed by atoms with Crippen LogP contribution in [0.4, 0.5) is 13.2 Å². The van der Waals surface area contributed by atoms with E-state index in [2.05, 4.69) is 0 Å². The third-order valence-corrected chi connectivity index (χ3v) is 7.44. The van der Waals surface area contributed by atoms with Crippen LogP contribution in [-0.4, -0.2) is 26.9 Å². The molecule has 0 rings (SSSR count). The van der Waals surface area contributed by atoms with Crippen molar-refractivity contribution in [1.29, 1.82) is 0 Å². The first kappa shape index (κ1) is 18.9. The van der Waals surface area contributed by atoms with Crippen molar-refractivity contribution < 1.29 is 22.0 Å². The van der Waals surface area contributed by atoms with Gasteiger partial charge in [-0.25, -0.2) is 0 Å². The van der Waals surface area contributed by atoms with Gasteiger partial charge in [-0.2, -0.15) is 13.2 Å². The standard InChI is InChI=1S/C13H27F3O2Si/c1-6-12(5,10-11-13(14,15)16)18-19(8-3,9-4)17-7-2/h6-11H2,1-5H3. The van der Waals surface area contributed by atoms with E-state index in [1.165, 1.54) is 0 Å². The Morgan fingerprint density at radius 1 is 0.947 bits per heavy atom. The van der Waals surface area contributed by atoms with Crippen molar-refractivity contribution in [2.24, 2.45) is 0 Å². The van der Waals surface area contributed by atoms with E-state index < -0.39 is 26.8 Å². The summed E-state index contributed by atoms with van der Waals surface area (Å²) in [6, 6.07) is 1.53. The summed E-state index contributed by atoms with van der Waals surface area (Å²) in [6.07, 6.45) is -4.38. The monoisotopic (exact) mass is 300 g/mol. The molecule has 116 valence electrons. The molecule has 1 atom stereocenters. The molecule has 0 aromatic heterocycles. The minimum atomic E-state index is -4.13. The van der Waals surface area contributed by atoms with Crippen LogP contribution in [0.2, 0.25) is 12.1 Å². The van der Waals surface area contributed by atoms with E-state index >= 15 is 0 Å². The van der Waals surface area contributed by atoms with Crippen LogP contribution < -0.4 is 0 Å². The number of alkyl halides is 3. The maximum atomic E-state index is 12.4. The van der Waals surface area contributed by atoms with Crippen molar-refractivity contribution in [3.8, 4) is 0 Å². The molecule has 0 heterocycles. The Hall–Kier alpha value is -0.0731. The smallest absolute Gasteiger partial charge is 0.389 e. The van der Waals surface area contributed by atoms with Crippen LogP contribution in [0, 0.1) is 0 Å². The maximum Gasteiger partial charge on any atom is 0.389 e. The summed E-state index contributed by atoms with van der Waals surface area (Å²) in [6.45, 7) is 10.1. The molecule has 19 heavy (non-hydrogen) atoms. The first-order valence-electron chi connectivity index (χ1n) is 7.06. The van der Waals surface area contributed by atoms with Gasteiger partial charge >= 0.3 is 14.7 Å². The molecule has 0 saturated carbocycles. The Balaban J connectivity index is 4.81. The van der Waals surface area contributed by atoms with Gasteiger partial charge in [-0.3, -0.25) is 0 Å². The molecule has 0 aliphatic heterocycles. The van der Waals surface area contributed by atoms with Crippen molar-refractivity contribution in [2.75, 3.05) is 6.61 Å². The van der Waals surface area contributed by atoms with Crippen molar-refractivity contribution in [2.45, 2.75) is 77.7 Å². The van der Waals surface area contributed by atoms with E-state index in [0.717, 1.165) is 12.1 Å². The van der Waals surface area contributed by atoms with Gasteiger partial charge in [-0.05, 0) is 38.8 Å². The Kier molecular flexibility index (Phi) is 7.61. The molecular weight excluding hydrogens is 273 g/mol. The van der Waals surface area contributed by atoms with Crippen LogP contribution >= 0.6 is 0 Å². The fourth-order valence-corrected chi connectivity index (χ4v) is 4.97. The van der Waals surface area contributed by atoms with E-state index in [4.69, 9.17) is 8.85 Å². The molecule has 6 heteroatoms. The summed E-state index contributed by atoms with van der Waals surface area (Å²) in [5.74, 6) is 0. The third kappa shape index (κ3) is 6.76. The van der Waals surface area contributed by atoms with Gasteiger partial charge in [0.05, 0.1) is 5.60 Å². The summed E-state index contributed by atoms with van der Waals surface area (Å²) in [4.78, 5) is 0. The number of halogens is 3. The van der Waals surface area contributed by atoms with Gasteiger partial charge in [0.1, 0.15) is 0 Å². The lowest BCUT2D eigenvalue weighted by Crippen LogP contribution is -2.49. The van der Waals surface area contributed by atoms with E-state index in [1.807, 2.05) is 27.7 Å². The number of rotatable bonds is 9. The van der Waals surface area contributed by atoms with Gasteiger partial charge in [0.25, 0.3) is 0 Å². The van der Waals surface area contributed by atoms with Gasteiger partial charge in [0, 0.05) is 13.0 Å². The van der Waals surface area contributed by atoms with Crippen LogP contribution in [0.3, 0.4) is 0 Å². The van der Waals surface area contributed by atoms with Crippen molar-refractivity contribution in [1.82, 2.24) is 0 Å². The lowest BCUT2D eigenvalue weighted by Gasteiger charge is -2.39. The molecule has 0 bridgehead atoms. The summed E-state index contributed by atoms with van der Waals surface area (Å²) >= 11 is 0. The maximum absolute atomic E-state index is 12.4. The van der Waals surface area contributed by atoms with Crippen LogP contribution in [0.1, 0.15) is 53.9 Å². The van der Waals surface area contributed by atoms with Gasteiger partial charge in [-0.1, -0.05) is 20.8 Å². The molecule has 0 aliphatic carbocycles. The normalized spacial score (nSPS) is 16.4. The Labute approximate surface area is 115 Å². The molecule has 2 nitrogen and oxygen atoms in total. The Morgan fingerprint density at radius 3 is 1.79 bits per heavy atom. The zero-order valence-electron chi connectivity index (χ0n) is 12.7. The van der Waals surface area contributed by atoms with Crippen LogP contribution in [-0.2, 0) is 8.85 Å². The highest BCUT2D eigenvalue weighted by molar-refractivity contribution is 6.67. The average molecular weight is 300 g/mol. The molecule has 0 aliphatic rings. The lowest BCUT2D eigenvalue weighted by atomic mass is 9.97. The minimum absolute atomic E-state index is 0.00513.